The molecule has 0 saturated carbocycles. The van der Waals surface area contributed by atoms with E-state index in [1.807, 2.05) is 0 Å². The van der Waals surface area contributed by atoms with Crippen molar-refractivity contribution in [1.82, 2.24) is 10.6 Å². The number of furan rings is 1. The minimum atomic E-state index is -1.01. The van der Waals surface area contributed by atoms with Gasteiger partial charge in [-0.3, -0.25) is 4.79 Å². The van der Waals surface area contributed by atoms with Gasteiger partial charge in [-0.15, -0.1) is 0 Å². The summed E-state index contributed by atoms with van der Waals surface area (Å²) >= 11 is 0. The molecular weight excluding hydrogens is 212 g/mol. The van der Waals surface area contributed by atoms with Gasteiger partial charge in [-0.2, -0.15) is 0 Å². The van der Waals surface area contributed by atoms with Crippen molar-refractivity contribution in [3.05, 3.63) is 23.7 Å². The lowest BCUT2D eigenvalue weighted by molar-refractivity contribution is -0.119. The monoisotopic (exact) mass is 224 g/mol. The summed E-state index contributed by atoms with van der Waals surface area (Å²) in [6.07, 6.45) is 1.77. The van der Waals surface area contributed by atoms with Gasteiger partial charge in [0.05, 0.1) is 12.8 Å². The van der Waals surface area contributed by atoms with Gasteiger partial charge in [-0.05, 0) is 6.07 Å². The van der Waals surface area contributed by atoms with Crippen molar-refractivity contribution < 1.29 is 19.1 Å². The highest BCUT2D eigenvalue weighted by Gasteiger charge is 2.22. The van der Waals surface area contributed by atoms with Crippen LogP contribution in [0.3, 0.4) is 0 Å². The van der Waals surface area contributed by atoms with Crippen LogP contribution in [0, 0.1) is 0 Å². The number of rotatable bonds is 4. The van der Waals surface area contributed by atoms with E-state index >= 15 is 0 Å². The molecule has 1 saturated heterocycles. The minimum Gasteiger partial charge on any atom is -0.478 e. The Morgan fingerprint density at radius 2 is 2.50 bits per heavy atom. The van der Waals surface area contributed by atoms with E-state index in [1.54, 1.807) is 0 Å². The van der Waals surface area contributed by atoms with Crippen LogP contribution in [0.2, 0.25) is 0 Å². The number of nitrogens with one attached hydrogen (secondary N) is 2. The van der Waals surface area contributed by atoms with E-state index in [4.69, 9.17) is 9.52 Å². The second-order valence-electron chi connectivity index (χ2n) is 3.65. The zero-order valence-electron chi connectivity index (χ0n) is 8.53. The largest absolute Gasteiger partial charge is 0.478 e. The van der Waals surface area contributed by atoms with E-state index in [1.165, 1.54) is 12.3 Å². The highest BCUT2D eigenvalue weighted by atomic mass is 16.4. The number of carboxylic acid groups (broad SMARTS) is 1. The highest BCUT2D eigenvalue weighted by Crippen LogP contribution is 2.11. The molecule has 2 rings (SSSR count). The van der Waals surface area contributed by atoms with Gasteiger partial charge in [-0.1, -0.05) is 0 Å². The summed E-state index contributed by atoms with van der Waals surface area (Å²) in [6, 6.07) is 1.46. The molecule has 1 fully saturated rings. The molecule has 1 aromatic rings. The summed E-state index contributed by atoms with van der Waals surface area (Å²) < 4.78 is 5.06. The summed E-state index contributed by atoms with van der Waals surface area (Å²) in [5, 5.41) is 14.6. The number of aromatic carboxylic acids is 1. The van der Waals surface area contributed by atoms with Crippen LogP contribution in [-0.2, 0) is 11.3 Å². The van der Waals surface area contributed by atoms with Crippen LogP contribution in [0.15, 0.2) is 16.7 Å². The van der Waals surface area contributed by atoms with Gasteiger partial charge >= 0.3 is 5.97 Å². The zero-order chi connectivity index (χ0) is 11.5. The lowest BCUT2D eigenvalue weighted by Gasteiger charge is -2.08. The SMILES string of the molecule is O=C1CC(NCc2occc2C(=O)O)CN1. The van der Waals surface area contributed by atoms with Gasteiger partial charge in [0.1, 0.15) is 11.3 Å². The first kappa shape index (κ1) is 10.7. The van der Waals surface area contributed by atoms with Gasteiger partial charge in [0.15, 0.2) is 0 Å². The Morgan fingerprint density at radius 3 is 3.12 bits per heavy atom. The molecule has 2 heterocycles. The average Bonchev–Trinajstić information content (AvgIpc) is 2.83. The van der Waals surface area contributed by atoms with Crippen molar-refractivity contribution in [3.8, 4) is 0 Å². The third kappa shape index (κ3) is 2.22. The van der Waals surface area contributed by atoms with Crippen LogP contribution in [0.5, 0.6) is 0 Å². The second-order valence-corrected chi connectivity index (χ2v) is 3.65. The Kier molecular flexibility index (Phi) is 2.91. The zero-order valence-corrected chi connectivity index (χ0v) is 8.53. The first-order valence-electron chi connectivity index (χ1n) is 4.96. The molecule has 0 aliphatic carbocycles. The molecule has 16 heavy (non-hydrogen) atoms. The average molecular weight is 224 g/mol. The van der Waals surface area contributed by atoms with Crippen LogP contribution in [-0.4, -0.2) is 29.6 Å². The topological polar surface area (TPSA) is 91.6 Å². The summed E-state index contributed by atoms with van der Waals surface area (Å²) in [7, 11) is 0. The molecule has 0 spiro atoms. The summed E-state index contributed by atoms with van der Waals surface area (Å²) in [6.45, 7) is 0.885. The molecular formula is C10H12N2O4. The first-order chi connectivity index (χ1) is 7.66. The Hall–Kier alpha value is -1.82. The number of carbonyl (C=O) groups excluding carboxylic acids is 1. The molecule has 6 heteroatoms. The molecule has 6 nitrogen and oxygen atoms in total. The maximum Gasteiger partial charge on any atom is 0.339 e. The van der Waals surface area contributed by atoms with E-state index in [0.29, 0.717) is 25.3 Å². The molecule has 86 valence electrons. The Balaban J connectivity index is 1.92. The summed E-state index contributed by atoms with van der Waals surface area (Å²) in [4.78, 5) is 21.7. The quantitative estimate of drug-likeness (QED) is 0.667. The highest BCUT2D eigenvalue weighted by molar-refractivity contribution is 5.88. The van der Waals surface area contributed by atoms with Crippen molar-refractivity contribution in [2.45, 2.75) is 19.0 Å². The van der Waals surface area contributed by atoms with Gasteiger partial charge in [0.25, 0.3) is 0 Å². The smallest absolute Gasteiger partial charge is 0.339 e. The number of carboxylic acids is 1. The predicted octanol–water partition coefficient (Wildman–Crippen LogP) is -0.0441. The van der Waals surface area contributed by atoms with E-state index in [-0.39, 0.29) is 17.5 Å². The number of amides is 1. The van der Waals surface area contributed by atoms with Crippen LogP contribution in [0.25, 0.3) is 0 Å². The second kappa shape index (κ2) is 4.36. The minimum absolute atomic E-state index is 0.00963. The number of carbonyl (C=O) groups is 2. The summed E-state index contributed by atoms with van der Waals surface area (Å²) in [5.74, 6) is -0.617. The van der Waals surface area contributed by atoms with Gasteiger partial charge in [0, 0.05) is 19.0 Å². The molecule has 1 amide bonds. The predicted molar refractivity (Wildman–Crippen MR) is 53.9 cm³/mol. The lowest BCUT2D eigenvalue weighted by atomic mass is 10.2. The maximum atomic E-state index is 10.9. The molecule has 1 aromatic heterocycles. The molecule has 0 aromatic carbocycles. The van der Waals surface area contributed by atoms with Gasteiger partial charge < -0.3 is 20.2 Å². The van der Waals surface area contributed by atoms with Gasteiger partial charge in [-0.25, -0.2) is 4.79 Å². The van der Waals surface area contributed by atoms with E-state index in [0.717, 1.165) is 0 Å². The van der Waals surface area contributed by atoms with E-state index in [9.17, 15) is 9.59 Å². The van der Waals surface area contributed by atoms with Crippen molar-refractivity contribution in [3.63, 3.8) is 0 Å². The first-order valence-corrected chi connectivity index (χ1v) is 4.96. The van der Waals surface area contributed by atoms with Gasteiger partial charge in [0.2, 0.25) is 5.91 Å². The van der Waals surface area contributed by atoms with E-state index < -0.39 is 5.97 Å². The molecule has 1 aliphatic rings. The fourth-order valence-electron chi connectivity index (χ4n) is 1.65. The summed E-state index contributed by atoms with van der Waals surface area (Å²) in [5.41, 5.74) is 0.157. The molecule has 3 N–H and O–H groups in total. The third-order valence-electron chi connectivity index (χ3n) is 2.50. The number of hydrogen-bond acceptors (Lipinski definition) is 4. The fraction of sp³-hybridized carbons (Fsp3) is 0.400. The molecule has 1 aliphatic heterocycles. The van der Waals surface area contributed by atoms with E-state index in [2.05, 4.69) is 10.6 Å². The van der Waals surface area contributed by atoms with Crippen molar-refractivity contribution in [1.29, 1.82) is 0 Å². The standard InChI is InChI=1S/C10H12N2O4/c13-9-3-6(4-12-9)11-5-8-7(10(14)15)1-2-16-8/h1-2,6,11H,3-5H2,(H,12,13)(H,14,15). The van der Waals surface area contributed by atoms with Crippen molar-refractivity contribution in [2.75, 3.05) is 6.54 Å². The van der Waals surface area contributed by atoms with Crippen LogP contribution < -0.4 is 10.6 Å². The molecule has 1 unspecified atom stereocenters. The van der Waals surface area contributed by atoms with Crippen molar-refractivity contribution >= 4 is 11.9 Å². The van der Waals surface area contributed by atoms with Crippen LogP contribution in [0.4, 0.5) is 0 Å². The van der Waals surface area contributed by atoms with Crippen molar-refractivity contribution in [2.24, 2.45) is 0 Å². The van der Waals surface area contributed by atoms with Crippen LogP contribution >= 0.6 is 0 Å². The maximum absolute atomic E-state index is 10.9. The molecule has 0 bridgehead atoms. The lowest BCUT2D eigenvalue weighted by Crippen LogP contribution is -2.30. The van der Waals surface area contributed by atoms with Crippen LogP contribution in [0.1, 0.15) is 22.5 Å². The molecule has 0 radical (unpaired) electrons. The number of hydrogen-bond donors (Lipinski definition) is 3. The third-order valence-corrected chi connectivity index (χ3v) is 2.50. The Labute approximate surface area is 91.6 Å². The normalized spacial score (nSPS) is 19.8. The molecule has 1 atom stereocenters. The Bertz CT molecular complexity index is 413. The fourth-order valence-corrected chi connectivity index (χ4v) is 1.65. The Morgan fingerprint density at radius 1 is 1.69 bits per heavy atom.